The van der Waals surface area contributed by atoms with Crippen molar-refractivity contribution < 1.29 is 5.11 Å². The summed E-state index contributed by atoms with van der Waals surface area (Å²) in [6.45, 7) is 4.24. The van der Waals surface area contributed by atoms with E-state index in [1.807, 2.05) is 18.2 Å². The van der Waals surface area contributed by atoms with Crippen molar-refractivity contribution in [2.75, 3.05) is 0 Å². The lowest BCUT2D eigenvalue weighted by Crippen LogP contribution is -2.35. The maximum atomic E-state index is 10.4. The van der Waals surface area contributed by atoms with Crippen LogP contribution >= 0.6 is 11.3 Å². The molecular formula is C16H20N2OS. The highest BCUT2D eigenvalue weighted by atomic mass is 32.1. The standard InChI is InChI=1S/C16H20N2OS/c1-3-15-18-14(9-20-15)10(2)17-13-8-11-6-4-5-7-12(11)16(13)19/h4-7,9-10,13,16-17,19H,3,8H2,1-2H3/t10-,13+,16-/m0/s1. The molecule has 0 fully saturated rings. The molecule has 0 radical (unpaired) electrons. The first kappa shape index (κ1) is 13.7. The van der Waals surface area contributed by atoms with E-state index in [2.05, 4.69) is 35.6 Å². The van der Waals surface area contributed by atoms with Crippen LogP contribution in [0.15, 0.2) is 29.6 Å². The molecule has 3 rings (SSSR count). The molecule has 20 heavy (non-hydrogen) atoms. The Morgan fingerprint density at radius 1 is 1.45 bits per heavy atom. The number of thiazole rings is 1. The summed E-state index contributed by atoms with van der Waals surface area (Å²) >= 11 is 1.71. The molecule has 3 atom stereocenters. The molecular weight excluding hydrogens is 268 g/mol. The van der Waals surface area contributed by atoms with E-state index in [4.69, 9.17) is 0 Å². The van der Waals surface area contributed by atoms with Crippen molar-refractivity contribution in [3.63, 3.8) is 0 Å². The molecule has 2 N–H and O–H groups in total. The second kappa shape index (κ2) is 5.64. The quantitative estimate of drug-likeness (QED) is 0.909. The Morgan fingerprint density at radius 3 is 2.95 bits per heavy atom. The van der Waals surface area contributed by atoms with E-state index < -0.39 is 6.10 Å². The van der Waals surface area contributed by atoms with Gasteiger partial charge in [0.1, 0.15) is 0 Å². The van der Waals surface area contributed by atoms with Gasteiger partial charge in [-0.15, -0.1) is 11.3 Å². The fourth-order valence-electron chi connectivity index (χ4n) is 2.82. The lowest BCUT2D eigenvalue weighted by molar-refractivity contribution is 0.136. The van der Waals surface area contributed by atoms with Gasteiger partial charge in [-0.3, -0.25) is 0 Å². The van der Waals surface area contributed by atoms with E-state index in [-0.39, 0.29) is 12.1 Å². The van der Waals surface area contributed by atoms with E-state index in [1.54, 1.807) is 11.3 Å². The second-order valence-corrected chi connectivity index (χ2v) is 6.30. The van der Waals surface area contributed by atoms with Crippen molar-refractivity contribution >= 4 is 11.3 Å². The Balaban J connectivity index is 1.70. The fraction of sp³-hybridized carbons (Fsp3) is 0.438. The molecule has 1 aromatic heterocycles. The summed E-state index contributed by atoms with van der Waals surface area (Å²) in [5.74, 6) is 0. The average Bonchev–Trinajstić information content (AvgIpc) is 3.05. The van der Waals surface area contributed by atoms with Gasteiger partial charge in [-0.1, -0.05) is 31.2 Å². The van der Waals surface area contributed by atoms with Crippen molar-refractivity contribution in [1.82, 2.24) is 10.3 Å². The first-order chi connectivity index (χ1) is 9.69. The van der Waals surface area contributed by atoms with Gasteiger partial charge in [0.2, 0.25) is 0 Å². The first-order valence-corrected chi connectivity index (χ1v) is 8.03. The largest absolute Gasteiger partial charge is 0.387 e. The lowest BCUT2D eigenvalue weighted by Gasteiger charge is -2.21. The van der Waals surface area contributed by atoms with Crippen molar-refractivity contribution in [2.45, 2.75) is 44.9 Å². The molecule has 0 saturated carbocycles. The van der Waals surface area contributed by atoms with Crippen LogP contribution in [-0.2, 0) is 12.8 Å². The zero-order valence-corrected chi connectivity index (χ0v) is 12.7. The van der Waals surface area contributed by atoms with Crippen molar-refractivity contribution in [2.24, 2.45) is 0 Å². The molecule has 1 heterocycles. The molecule has 1 aliphatic rings. The van der Waals surface area contributed by atoms with Gasteiger partial charge in [-0.25, -0.2) is 4.98 Å². The van der Waals surface area contributed by atoms with Crippen LogP contribution in [0, 0.1) is 0 Å². The molecule has 106 valence electrons. The minimum atomic E-state index is -0.419. The number of hydrogen-bond acceptors (Lipinski definition) is 4. The van der Waals surface area contributed by atoms with Gasteiger partial charge in [-0.05, 0) is 30.9 Å². The van der Waals surface area contributed by atoms with Crippen molar-refractivity contribution in [3.05, 3.63) is 51.5 Å². The van der Waals surface area contributed by atoms with Gasteiger partial charge in [0.05, 0.1) is 16.8 Å². The number of hydrogen-bond donors (Lipinski definition) is 2. The van der Waals surface area contributed by atoms with Gasteiger partial charge in [-0.2, -0.15) is 0 Å². The maximum Gasteiger partial charge on any atom is 0.0949 e. The Bertz CT molecular complexity index is 596. The van der Waals surface area contributed by atoms with Crippen LogP contribution in [0.25, 0.3) is 0 Å². The minimum absolute atomic E-state index is 0.0779. The molecule has 0 unspecified atom stereocenters. The third kappa shape index (κ3) is 2.51. The average molecular weight is 288 g/mol. The molecule has 0 amide bonds. The number of nitrogens with zero attached hydrogens (tertiary/aromatic N) is 1. The number of aliphatic hydroxyl groups excluding tert-OH is 1. The lowest BCUT2D eigenvalue weighted by atomic mass is 10.1. The molecule has 4 heteroatoms. The molecule has 0 spiro atoms. The van der Waals surface area contributed by atoms with Crippen LogP contribution in [-0.4, -0.2) is 16.1 Å². The van der Waals surface area contributed by atoms with Gasteiger partial charge in [0, 0.05) is 17.5 Å². The minimum Gasteiger partial charge on any atom is -0.387 e. The van der Waals surface area contributed by atoms with Crippen molar-refractivity contribution in [1.29, 1.82) is 0 Å². The van der Waals surface area contributed by atoms with Crippen LogP contribution in [0.4, 0.5) is 0 Å². The Kier molecular flexibility index (Phi) is 3.87. The number of benzene rings is 1. The molecule has 1 aromatic carbocycles. The van der Waals surface area contributed by atoms with Crippen LogP contribution in [0.5, 0.6) is 0 Å². The summed E-state index contributed by atoms with van der Waals surface area (Å²) in [5, 5.41) is 17.2. The summed E-state index contributed by atoms with van der Waals surface area (Å²) < 4.78 is 0. The first-order valence-electron chi connectivity index (χ1n) is 7.15. The van der Waals surface area contributed by atoms with E-state index in [1.165, 1.54) is 10.6 Å². The molecule has 0 saturated heterocycles. The normalized spacial score (nSPS) is 22.8. The Labute approximate surface area is 123 Å². The monoisotopic (exact) mass is 288 g/mol. The Hall–Kier alpha value is -1.23. The number of aliphatic hydroxyl groups is 1. The molecule has 2 aromatic rings. The third-order valence-electron chi connectivity index (χ3n) is 3.97. The van der Waals surface area contributed by atoms with E-state index >= 15 is 0 Å². The number of nitrogens with one attached hydrogen (secondary N) is 1. The van der Waals surface area contributed by atoms with E-state index in [9.17, 15) is 5.11 Å². The van der Waals surface area contributed by atoms with Crippen LogP contribution in [0.2, 0.25) is 0 Å². The number of aryl methyl sites for hydroxylation is 1. The van der Waals surface area contributed by atoms with Gasteiger partial charge in [0.25, 0.3) is 0 Å². The van der Waals surface area contributed by atoms with Crippen molar-refractivity contribution in [3.8, 4) is 0 Å². The van der Waals surface area contributed by atoms with Gasteiger partial charge >= 0.3 is 0 Å². The van der Waals surface area contributed by atoms with Gasteiger partial charge in [0.15, 0.2) is 0 Å². The summed E-state index contributed by atoms with van der Waals surface area (Å²) in [4.78, 5) is 4.62. The maximum absolute atomic E-state index is 10.4. The molecule has 0 aliphatic heterocycles. The SMILES string of the molecule is CCc1nc([C@H](C)N[C@@H]2Cc3ccccc3[C@@H]2O)cs1. The summed E-state index contributed by atoms with van der Waals surface area (Å²) in [6.07, 6.45) is 1.44. The predicted octanol–water partition coefficient (Wildman–Crippen LogP) is 3.01. The third-order valence-corrected chi connectivity index (χ3v) is 4.99. The summed E-state index contributed by atoms with van der Waals surface area (Å²) in [7, 11) is 0. The summed E-state index contributed by atoms with van der Waals surface area (Å²) in [6, 6.07) is 8.38. The highest BCUT2D eigenvalue weighted by Gasteiger charge is 2.31. The topological polar surface area (TPSA) is 45.2 Å². The number of rotatable bonds is 4. The fourth-order valence-corrected chi connectivity index (χ4v) is 3.66. The smallest absolute Gasteiger partial charge is 0.0949 e. The number of fused-ring (bicyclic) bond motifs is 1. The molecule has 3 nitrogen and oxygen atoms in total. The Morgan fingerprint density at radius 2 is 2.25 bits per heavy atom. The zero-order chi connectivity index (χ0) is 14.1. The summed E-state index contributed by atoms with van der Waals surface area (Å²) in [5.41, 5.74) is 3.39. The van der Waals surface area contributed by atoms with E-state index in [0.29, 0.717) is 0 Å². The predicted molar refractivity (Wildman–Crippen MR) is 81.9 cm³/mol. The molecule has 1 aliphatic carbocycles. The zero-order valence-electron chi connectivity index (χ0n) is 11.8. The van der Waals surface area contributed by atoms with E-state index in [0.717, 1.165) is 24.1 Å². The van der Waals surface area contributed by atoms with Crippen LogP contribution < -0.4 is 5.32 Å². The van der Waals surface area contributed by atoms with Gasteiger partial charge < -0.3 is 10.4 Å². The number of aromatic nitrogens is 1. The highest BCUT2D eigenvalue weighted by Crippen LogP contribution is 2.32. The second-order valence-electron chi connectivity index (χ2n) is 5.36. The highest BCUT2D eigenvalue weighted by molar-refractivity contribution is 7.09. The molecule has 0 bridgehead atoms. The van der Waals surface area contributed by atoms with Crippen LogP contribution in [0.3, 0.4) is 0 Å². The van der Waals surface area contributed by atoms with Crippen LogP contribution in [0.1, 0.15) is 47.8 Å².